The quantitative estimate of drug-likeness (QED) is 0.788. The maximum Gasteiger partial charge on any atom is 0.258 e. The second kappa shape index (κ2) is 5.40. The van der Waals surface area contributed by atoms with E-state index >= 15 is 0 Å². The highest BCUT2D eigenvalue weighted by atomic mass is 16.1. The Balaban J connectivity index is 2.08. The second-order valence-corrected chi connectivity index (χ2v) is 6.00. The lowest BCUT2D eigenvalue weighted by molar-refractivity contribution is 0.535. The van der Waals surface area contributed by atoms with Gasteiger partial charge < -0.3 is 9.55 Å². The molecular formula is C18H16N4O. The number of aromatic amines is 1. The van der Waals surface area contributed by atoms with Crippen molar-refractivity contribution < 1.29 is 0 Å². The zero-order valence-corrected chi connectivity index (χ0v) is 12.6. The number of hydrogen-bond donors (Lipinski definition) is 1. The molecular weight excluding hydrogens is 288 g/mol. The zero-order valence-electron chi connectivity index (χ0n) is 12.6. The van der Waals surface area contributed by atoms with Crippen LogP contribution in [0.1, 0.15) is 37.3 Å². The van der Waals surface area contributed by atoms with E-state index in [4.69, 9.17) is 0 Å². The molecule has 4 rings (SSSR count). The molecule has 0 bridgehead atoms. The predicted octanol–water partition coefficient (Wildman–Crippen LogP) is 3.38. The number of fused-ring (bicyclic) bond motifs is 1. The van der Waals surface area contributed by atoms with Gasteiger partial charge in [-0.2, -0.15) is 5.26 Å². The summed E-state index contributed by atoms with van der Waals surface area (Å²) in [5.41, 5.74) is 2.85. The Morgan fingerprint density at radius 3 is 2.87 bits per heavy atom. The Morgan fingerprint density at radius 2 is 2.17 bits per heavy atom. The summed E-state index contributed by atoms with van der Waals surface area (Å²) in [6.07, 6.45) is 11.6. The first-order chi connectivity index (χ1) is 11.3. The van der Waals surface area contributed by atoms with Gasteiger partial charge in [-0.1, -0.05) is 18.9 Å². The molecule has 1 aliphatic carbocycles. The molecule has 0 unspecified atom stereocenters. The molecule has 1 aliphatic rings. The summed E-state index contributed by atoms with van der Waals surface area (Å²) in [4.78, 5) is 19.3. The molecule has 0 saturated heterocycles. The second-order valence-electron chi connectivity index (χ2n) is 6.00. The van der Waals surface area contributed by atoms with E-state index in [1.54, 1.807) is 12.4 Å². The number of nitriles is 1. The van der Waals surface area contributed by atoms with Crippen molar-refractivity contribution in [2.24, 2.45) is 0 Å². The van der Waals surface area contributed by atoms with Gasteiger partial charge in [0.25, 0.3) is 5.56 Å². The smallest absolute Gasteiger partial charge is 0.258 e. The van der Waals surface area contributed by atoms with Crippen LogP contribution in [0.15, 0.2) is 41.7 Å². The standard InChI is InChI=1S/C18H16N4O/c19-8-13-10-21-18(23)16-15(12-4-3-7-20-9-12)11-22(17(13)16)14-5-1-2-6-14/h3-4,7,9-11,14H,1-2,5-6H2,(H,21,23). The fourth-order valence-corrected chi connectivity index (χ4v) is 3.60. The number of rotatable bonds is 2. The van der Waals surface area contributed by atoms with Gasteiger partial charge in [-0.3, -0.25) is 9.78 Å². The van der Waals surface area contributed by atoms with Gasteiger partial charge in [0.05, 0.1) is 16.5 Å². The molecule has 0 aliphatic heterocycles. The number of nitrogens with zero attached hydrogens (tertiary/aromatic N) is 3. The summed E-state index contributed by atoms with van der Waals surface area (Å²) >= 11 is 0. The number of hydrogen-bond acceptors (Lipinski definition) is 3. The number of aromatic nitrogens is 3. The van der Waals surface area contributed by atoms with Gasteiger partial charge in [-0.05, 0) is 18.9 Å². The Morgan fingerprint density at radius 1 is 1.35 bits per heavy atom. The molecule has 5 nitrogen and oxygen atoms in total. The molecule has 114 valence electrons. The van der Waals surface area contributed by atoms with Crippen LogP contribution < -0.4 is 5.56 Å². The van der Waals surface area contributed by atoms with E-state index in [9.17, 15) is 10.1 Å². The van der Waals surface area contributed by atoms with Gasteiger partial charge in [0.2, 0.25) is 0 Å². The van der Waals surface area contributed by atoms with Crippen molar-refractivity contribution in [2.45, 2.75) is 31.7 Å². The molecule has 1 fully saturated rings. The molecule has 0 spiro atoms. The SMILES string of the molecule is N#Cc1c[nH]c(=O)c2c(-c3cccnc3)cn(C3CCCC3)c12. The number of pyridine rings is 2. The van der Waals surface area contributed by atoms with Crippen molar-refractivity contribution in [3.63, 3.8) is 0 Å². The van der Waals surface area contributed by atoms with Crippen molar-refractivity contribution in [1.82, 2.24) is 14.5 Å². The molecule has 0 amide bonds. The molecule has 3 aromatic rings. The molecule has 3 aromatic heterocycles. The first-order valence-electron chi connectivity index (χ1n) is 7.86. The van der Waals surface area contributed by atoms with Crippen molar-refractivity contribution in [2.75, 3.05) is 0 Å². The molecule has 3 heterocycles. The van der Waals surface area contributed by atoms with Crippen LogP contribution in [0.4, 0.5) is 0 Å². The highest BCUT2D eigenvalue weighted by Gasteiger charge is 2.23. The van der Waals surface area contributed by atoms with E-state index in [0.29, 0.717) is 17.0 Å². The van der Waals surface area contributed by atoms with E-state index < -0.39 is 0 Å². The van der Waals surface area contributed by atoms with Crippen LogP contribution in [0.25, 0.3) is 22.0 Å². The topological polar surface area (TPSA) is 74.5 Å². The van der Waals surface area contributed by atoms with E-state index in [2.05, 4.69) is 20.6 Å². The van der Waals surface area contributed by atoms with Crippen molar-refractivity contribution >= 4 is 10.9 Å². The van der Waals surface area contributed by atoms with Crippen LogP contribution in [0.3, 0.4) is 0 Å². The molecule has 5 heteroatoms. The van der Waals surface area contributed by atoms with Crippen LogP contribution in [0, 0.1) is 11.3 Å². The van der Waals surface area contributed by atoms with Crippen LogP contribution in [0.5, 0.6) is 0 Å². The first-order valence-corrected chi connectivity index (χ1v) is 7.86. The van der Waals surface area contributed by atoms with Gasteiger partial charge in [0.15, 0.2) is 0 Å². The summed E-state index contributed by atoms with van der Waals surface area (Å²) in [6.45, 7) is 0. The Hall–Kier alpha value is -2.87. The summed E-state index contributed by atoms with van der Waals surface area (Å²) in [5, 5.41) is 10.1. The fourth-order valence-electron chi connectivity index (χ4n) is 3.60. The average molecular weight is 304 g/mol. The van der Waals surface area contributed by atoms with Crippen LogP contribution >= 0.6 is 0 Å². The summed E-state index contributed by atoms with van der Waals surface area (Å²) < 4.78 is 2.14. The van der Waals surface area contributed by atoms with Crippen molar-refractivity contribution in [1.29, 1.82) is 5.26 Å². The summed E-state index contributed by atoms with van der Waals surface area (Å²) in [5.74, 6) is 0. The van der Waals surface area contributed by atoms with Gasteiger partial charge in [-0.15, -0.1) is 0 Å². The highest BCUT2D eigenvalue weighted by molar-refractivity contribution is 5.97. The Bertz CT molecular complexity index is 956. The monoisotopic (exact) mass is 304 g/mol. The largest absolute Gasteiger partial charge is 0.342 e. The van der Waals surface area contributed by atoms with E-state index in [1.807, 2.05) is 18.3 Å². The highest BCUT2D eigenvalue weighted by Crippen LogP contribution is 2.37. The normalized spacial score (nSPS) is 15.1. The van der Waals surface area contributed by atoms with Crippen molar-refractivity contribution in [3.8, 4) is 17.2 Å². The lowest BCUT2D eigenvalue weighted by atomic mass is 10.1. The lowest BCUT2D eigenvalue weighted by Gasteiger charge is -2.13. The molecule has 0 aromatic carbocycles. The van der Waals surface area contributed by atoms with E-state index in [0.717, 1.165) is 29.5 Å². The number of H-pyrrole nitrogens is 1. The fraction of sp³-hybridized carbons (Fsp3) is 0.278. The minimum Gasteiger partial charge on any atom is -0.342 e. The predicted molar refractivity (Wildman–Crippen MR) is 88.0 cm³/mol. The molecule has 23 heavy (non-hydrogen) atoms. The van der Waals surface area contributed by atoms with Crippen molar-refractivity contribution in [3.05, 3.63) is 52.8 Å². The minimum atomic E-state index is -0.158. The maximum absolute atomic E-state index is 12.5. The number of nitrogens with one attached hydrogen (secondary N) is 1. The van der Waals surface area contributed by atoms with Gasteiger partial charge in [0, 0.05) is 42.0 Å². The van der Waals surface area contributed by atoms with Crippen LogP contribution in [0.2, 0.25) is 0 Å². The third-order valence-electron chi connectivity index (χ3n) is 4.67. The van der Waals surface area contributed by atoms with Gasteiger partial charge in [0.1, 0.15) is 6.07 Å². The van der Waals surface area contributed by atoms with Gasteiger partial charge >= 0.3 is 0 Å². The minimum absolute atomic E-state index is 0.158. The van der Waals surface area contributed by atoms with E-state index in [-0.39, 0.29) is 5.56 Å². The van der Waals surface area contributed by atoms with Crippen LogP contribution in [-0.4, -0.2) is 14.5 Å². The summed E-state index contributed by atoms with van der Waals surface area (Å²) in [7, 11) is 0. The first kappa shape index (κ1) is 13.8. The molecule has 0 atom stereocenters. The Kier molecular flexibility index (Phi) is 3.23. The Labute approximate surface area is 133 Å². The molecule has 1 N–H and O–H groups in total. The molecule has 0 radical (unpaired) electrons. The third kappa shape index (κ3) is 2.15. The maximum atomic E-state index is 12.5. The summed E-state index contributed by atoms with van der Waals surface area (Å²) in [6, 6.07) is 6.38. The van der Waals surface area contributed by atoms with E-state index in [1.165, 1.54) is 19.0 Å². The lowest BCUT2D eigenvalue weighted by Crippen LogP contribution is -2.09. The third-order valence-corrected chi connectivity index (χ3v) is 4.67. The van der Waals surface area contributed by atoms with Crippen LogP contribution in [-0.2, 0) is 0 Å². The average Bonchev–Trinajstić information content (AvgIpc) is 3.24. The zero-order chi connectivity index (χ0) is 15.8. The molecule has 1 saturated carbocycles. The van der Waals surface area contributed by atoms with Gasteiger partial charge in [-0.25, -0.2) is 0 Å².